The molecule has 126 valence electrons. The molecule has 3 nitrogen and oxygen atoms in total. The number of halogens is 1. The number of benzene rings is 1. The van der Waals surface area contributed by atoms with Gasteiger partial charge in [-0.3, -0.25) is 9.59 Å². The van der Waals surface area contributed by atoms with Crippen molar-refractivity contribution in [2.24, 2.45) is 5.41 Å². The van der Waals surface area contributed by atoms with E-state index in [1.165, 1.54) is 6.07 Å². The van der Waals surface area contributed by atoms with Gasteiger partial charge in [0.25, 0.3) is 0 Å². The fraction of sp³-hybridized carbons (Fsp3) is 0.400. The van der Waals surface area contributed by atoms with Gasteiger partial charge in [-0.1, -0.05) is 32.9 Å². The number of aromatic amines is 1. The molecule has 24 heavy (non-hydrogen) atoms. The summed E-state index contributed by atoms with van der Waals surface area (Å²) in [6, 6.07) is 4.84. The molecule has 1 fully saturated rings. The Balaban J connectivity index is 1.89. The molecule has 0 saturated heterocycles. The summed E-state index contributed by atoms with van der Waals surface area (Å²) in [5, 5.41) is 0.491. The highest BCUT2D eigenvalue weighted by atomic mass is 19.1. The van der Waals surface area contributed by atoms with Gasteiger partial charge in [0, 0.05) is 35.9 Å². The molecule has 4 heteroatoms. The van der Waals surface area contributed by atoms with E-state index in [1.54, 1.807) is 24.4 Å². The smallest absolute Gasteiger partial charge is 0.166 e. The summed E-state index contributed by atoms with van der Waals surface area (Å²) in [5.41, 5.74) is 1.77. The van der Waals surface area contributed by atoms with Gasteiger partial charge in [0.1, 0.15) is 5.82 Å². The van der Waals surface area contributed by atoms with Gasteiger partial charge < -0.3 is 4.98 Å². The number of hydrogen-bond acceptors (Lipinski definition) is 2. The van der Waals surface area contributed by atoms with Gasteiger partial charge in [-0.25, -0.2) is 4.39 Å². The van der Waals surface area contributed by atoms with Crippen LogP contribution in [0, 0.1) is 11.2 Å². The molecule has 1 N–H and O–H groups in total. The third kappa shape index (κ3) is 3.18. The molecule has 1 saturated carbocycles. The third-order valence-electron chi connectivity index (χ3n) is 4.51. The number of carbonyl (C=O) groups excluding carboxylic acids is 2. The number of nitrogens with one attached hydrogen (secondary N) is 1. The van der Waals surface area contributed by atoms with Crippen LogP contribution in [0.1, 0.15) is 51.5 Å². The molecule has 0 unspecified atom stereocenters. The molecule has 1 heterocycles. The van der Waals surface area contributed by atoms with Crippen molar-refractivity contribution < 1.29 is 14.0 Å². The molecular formula is C20H22FNO2. The Bertz CT molecular complexity index is 819. The summed E-state index contributed by atoms with van der Waals surface area (Å²) in [5.74, 6) is -0.850. The Labute approximate surface area is 140 Å². The number of Topliss-reactive ketones (excluding diaryl/α,β-unsaturated/α-hetero) is 2. The van der Waals surface area contributed by atoms with Crippen LogP contribution < -0.4 is 0 Å². The lowest BCUT2D eigenvalue weighted by molar-refractivity contribution is -0.124. The van der Waals surface area contributed by atoms with Crippen LogP contribution in [0.25, 0.3) is 10.9 Å². The fourth-order valence-electron chi connectivity index (χ4n) is 3.24. The van der Waals surface area contributed by atoms with Crippen LogP contribution in [-0.2, 0) is 9.59 Å². The molecule has 1 aliphatic carbocycles. The molecule has 1 aliphatic rings. The number of aromatic nitrogens is 1. The fourth-order valence-corrected chi connectivity index (χ4v) is 3.24. The minimum atomic E-state index is -0.322. The van der Waals surface area contributed by atoms with E-state index in [-0.39, 0.29) is 41.6 Å². The van der Waals surface area contributed by atoms with Crippen molar-refractivity contribution in [1.29, 1.82) is 0 Å². The van der Waals surface area contributed by atoms with Crippen molar-refractivity contribution in [2.75, 3.05) is 0 Å². The SMILES string of the molecule is CC(C)(C)CC=C1C(=O)CC(c2c[nH]c3cccc(F)c23)CC1=O. The zero-order valence-corrected chi connectivity index (χ0v) is 14.3. The summed E-state index contributed by atoms with van der Waals surface area (Å²) in [6.45, 7) is 6.21. The number of hydrogen-bond donors (Lipinski definition) is 1. The van der Waals surface area contributed by atoms with Crippen molar-refractivity contribution in [1.82, 2.24) is 4.98 Å². The van der Waals surface area contributed by atoms with Gasteiger partial charge in [0.2, 0.25) is 0 Å². The van der Waals surface area contributed by atoms with Gasteiger partial charge in [-0.15, -0.1) is 0 Å². The normalized spacial score (nSPS) is 19.2. The number of carbonyl (C=O) groups is 2. The standard InChI is InChI=1S/C20H22FNO2/c1-20(2,3)8-7-13-17(23)9-12(10-18(13)24)14-11-22-16-6-4-5-15(21)19(14)16/h4-7,11-12,22H,8-10H2,1-3H3. The second-order valence-electron chi connectivity index (χ2n) is 7.74. The summed E-state index contributed by atoms with van der Waals surface area (Å²) >= 11 is 0. The van der Waals surface area contributed by atoms with E-state index in [0.29, 0.717) is 22.9 Å². The Morgan fingerprint density at radius 1 is 1.21 bits per heavy atom. The minimum Gasteiger partial charge on any atom is -0.361 e. The molecule has 1 aromatic heterocycles. The lowest BCUT2D eigenvalue weighted by atomic mass is 9.78. The van der Waals surface area contributed by atoms with Crippen LogP contribution >= 0.6 is 0 Å². The van der Waals surface area contributed by atoms with Crippen LogP contribution in [0.2, 0.25) is 0 Å². The van der Waals surface area contributed by atoms with Crippen LogP contribution in [-0.4, -0.2) is 16.6 Å². The maximum absolute atomic E-state index is 14.2. The highest BCUT2D eigenvalue weighted by molar-refractivity contribution is 6.22. The number of allylic oxidation sites excluding steroid dienone is 2. The average Bonchev–Trinajstić information content (AvgIpc) is 2.90. The molecule has 0 bridgehead atoms. The van der Waals surface area contributed by atoms with Crippen molar-refractivity contribution in [3.63, 3.8) is 0 Å². The first-order valence-corrected chi connectivity index (χ1v) is 8.28. The van der Waals surface area contributed by atoms with Crippen molar-refractivity contribution >= 4 is 22.5 Å². The molecule has 0 atom stereocenters. The highest BCUT2D eigenvalue weighted by Gasteiger charge is 2.33. The molecule has 0 amide bonds. The average molecular weight is 327 g/mol. The second-order valence-corrected chi connectivity index (χ2v) is 7.74. The van der Waals surface area contributed by atoms with E-state index in [0.717, 1.165) is 5.56 Å². The Morgan fingerprint density at radius 2 is 1.88 bits per heavy atom. The minimum absolute atomic E-state index is 0.0321. The molecule has 3 rings (SSSR count). The molecule has 0 aliphatic heterocycles. The molecular weight excluding hydrogens is 305 g/mol. The Hall–Kier alpha value is -2.23. The maximum atomic E-state index is 14.2. The summed E-state index contributed by atoms with van der Waals surface area (Å²) < 4.78 is 14.2. The molecule has 2 aromatic rings. The first-order chi connectivity index (χ1) is 11.3. The van der Waals surface area contributed by atoms with Gasteiger partial charge in [-0.2, -0.15) is 0 Å². The van der Waals surface area contributed by atoms with Crippen molar-refractivity contribution in [3.8, 4) is 0 Å². The number of ketones is 2. The quantitative estimate of drug-likeness (QED) is 0.643. The predicted octanol–water partition coefficient (Wildman–Crippen LogP) is 4.69. The van der Waals surface area contributed by atoms with E-state index in [1.807, 2.05) is 0 Å². The van der Waals surface area contributed by atoms with Crippen LogP contribution in [0.15, 0.2) is 36.0 Å². The van der Waals surface area contributed by atoms with E-state index in [4.69, 9.17) is 0 Å². The van der Waals surface area contributed by atoms with E-state index < -0.39 is 0 Å². The monoisotopic (exact) mass is 327 g/mol. The van der Waals surface area contributed by atoms with E-state index >= 15 is 0 Å². The van der Waals surface area contributed by atoms with E-state index in [2.05, 4.69) is 25.8 Å². The Morgan fingerprint density at radius 3 is 2.50 bits per heavy atom. The van der Waals surface area contributed by atoms with Gasteiger partial charge in [-0.05, 0) is 29.5 Å². The zero-order valence-electron chi connectivity index (χ0n) is 14.3. The third-order valence-corrected chi connectivity index (χ3v) is 4.51. The number of fused-ring (bicyclic) bond motifs is 1. The van der Waals surface area contributed by atoms with Crippen molar-refractivity contribution in [3.05, 3.63) is 47.4 Å². The molecule has 1 aromatic carbocycles. The van der Waals surface area contributed by atoms with Crippen LogP contribution in [0.4, 0.5) is 4.39 Å². The summed E-state index contributed by atoms with van der Waals surface area (Å²) in [6.07, 6.45) is 4.69. The zero-order chi connectivity index (χ0) is 17.5. The summed E-state index contributed by atoms with van der Waals surface area (Å²) in [7, 11) is 0. The number of H-pyrrole nitrogens is 1. The lowest BCUT2D eigenvalue weighted by Gasteiger charge is -2.23. The van der Waals surface area contributed by atoms with Gasteiger partial charge in [0.15, 0.2) is 11.6 Å². The topological polar surface area (TPSA) is 49.9 Å². The predicted molar refractivity (Wildman–Crippen MR) is 92.4 cm³/mol. The molecule has 0 radical (unpaired) electrons. The van der Waals surface area contributed by atoms with Gasteiger partial charge in [0.05, 0.1) is 5.57 Å². The number of rotatable bonds is 2. The maximum Gasteiger partial charge on any atom is 0.166 e. The van der Waals surface area contributed by atoms with Crippen LogP contribution in [0.3, 0.4) is 0 Å². The highest BCUT2D eigenvalue weighted by Crippen LogP contribution is 2.37. The second kappa shape index (κ2) is 6.00. The van der Waals surface area contributed by atoms with Crippen LogP contribution in [0.5, 0.6) is 0 Å². The van der Waals surface area contributed by atoms with Crippen molar-refractivity contribution in [2.45, 2.75) is 46.0 Å². The Kier molecular flexibility index (Phi) is 4.16. The van der Waals surface area contributed by atoms with Gasteiger partial charge >= 0.3 is 0 Å². The molecule has 0 spiro atoms. The largest absolute Gasteiger partial charge is 0.361 e. The van der Waals surface area contributed by atoms with E-state index in [9.17, 15) is 14.0 Å². The first-order valence-electron chi connectivity index (χ1n) is 8.28. The summed E-state index contributed by atoms with van der Waals surface area (Å²) in [4.78, 5) is 27.9. The lowest BCUT2D eigenvalue weighted by Crippen LogP contribution is -2.25. The first kappa shape index (κ1) is 16.6.